The molecule has 2 fully saturated rings. The lowest BCUT2D eigenvalue weighted by molar-refractivity contribution is 0.154. The van der Waals surface area contributed by atoms with Gasteiger partial charge in [-0.25, -0.2) is 0 Å². The molecular formula is C12H23N3O. The van der Waals surface area contributed by atoms with E-state index in [0.29, 0.717) is 11.9 Å². The van der Waals surface area contributed by atoms with Crippen molar-refractivity contribution in [2.75, 3.05) is 13.1 Å². The predicted molar refractivity (Wildman–Crippen MR) is 64.9 cm³/mol. The largest absolute Gasteiger partial charge is 0.300 e. The monoisotopic (exact) mass is 225 g/mol. The molecular weight excluding hydrogens is 202 g/mol. The number of nitrogens with one attached hydrogen (secondary N) is 1. The van der Waals surface area contributed by atoms with Gasteiger partial charge in [-0.3, -0.25) is 15.7 Å². The predicted octanol–water partition coefficient (Wildman–Crippen LogP) is 1.79. The Hall–Kier alpha value is -0.610. The molecule has 0 aromatic carbocycles. The lowest BCUT2D eigenvalue weighted by atomic mass is 10.0. The molecule has 0 bridgehead atoms. The van der Waals surface area contributed by atoms with Gasteiger partial charge in [0.05, 0.1) is 6.04 Å². The summed E-state index contributed by atoms with van der Waals surface area (Å²) in [5, 5.41) is 8.70. The van der Waals surface area contributed by atoms with E-state index in [0.717, 1.165) is 18.9 Å². The van der Waals surface area contributed by atoms with Gasteiger partial charge in [0.15, 0.2) is 0 Å². The van der Waals surface area contributed by atoms with Crippen LogP contribution in [0.2, 0.25) is 0 Å². The number of hydrogen-bond acceptors (Lipinski definition) is 3. The first-order chi connectivity index (χ1) is 7.79. The molecule has 16 heavy (non-hydrogen) atoms. The third-order valence-electron chi connectivity index (χ3n) is 3.88. The normalized spacial score (nSPS) is 26.2. The lowest BCUT2D eigenvalue weighted by Gasteiger charge is -2.34. The average Bonchev–Trinajstić information content (AvgIpc) is 2.83. The number of amidine groups is 1. The quantitative estimate of drug-likeness (QED) is 0.428. The summed E-state index contributed by atoms with van der Waals surface area (Å²) < 4.78 is 0. The smallest absolute Gasteiger partial charge is 0.117 e. The Balaban J connectivity index is 1.77. The summed E-state index contributed by atoms with van der Waals surface area (Å²) in [6, 6.07) is 1.25. The van der Waals surface area contributed by atoms with Crippen molar-refractivity contribution in [3.8, 4) is 0 Å². The zero-order valence-corrected chi connectivity index (χ0v) is 10.2. The molecule has 1 aliphatic carbocycles. The van der Waals surface area contributed by atoms with Crippen LogP contribution in [-0.4, -0.2) is 41.1 Å². The molecule has 1 saturated heterocycles. The van der Waals surface area contributed by atoms with Crippen molar-refractivity contribution >= 4 is 5.84 Å². The molecule has 0 unspecified atom stereocenters. The Morgan fingerprint density at radius 1 is 1.19 bits per heavy atom. The van der Waals surface area contributed by atoms with Gasteiger partial charge in [-0.05, 0) is 32.6 Å². The molecule has 0 atom stereocenters. The van der Waals surface area contributed by atoms with Crippen LogP contribution in [0.3, 0.4) is 0 Å². The van der Waals surface area contributed by atoms with Crippen molar-refractivity contribution < 1.29 is 5.21 Å². The summed E-state index contributed by atoms with van der Waals surface area (Å²) in [6.45, 7) is 4.17. The number of aliphatic imine (C=N–C) groups is 1. The third kappa shape index (κ3) is 2.95. The molecule has 2 aliphatic rings. The maximum absolute atomic E-state index is 8.70. The minimum Gasteiger partial charge on any atom is -0.300 e. The Morgan fingerprint density at radius 3 is 2.38 bits per heavy atom. The maximum Gasteiger partial charge on any atom is 0.117 e. The SMILES string of the molecule is CC(=NC1CCN(C2CCCC2)CC1)NO. The number of hydrogen-bond donors (Lipinski definition) is 2. The Morgan fingerprint density at radius 2 is 1.81 bits per heavy atom. The standard InChI is InChI=1S/C12H23N3O/c1-10(14-16)13-11-6-8-15(9-7-11)12-4-2-3-5-12/h11-12,16H,2-9H2,1H3,(H,13,14). The molecule has 0 aromatic heterocycles. The molecule has 2 rings (SSSR count). The molecule has 1 heterocycles. The van der Waals surface area contributed by atoms with Crippen LogP contribution >= 0.6 is 0 Å². The summed E-state index contributed by atoms with van der Waals surface area (Å²) in [5.41, 5.74) is 2.11. The molecule has 0 radical (unpaired) electrons. The van der Waals surface area contributed by atoms with E-state index in [4.69, 9.17) is 5.21 Å². The van der Waals surface area contributed by atoms with Crippen molar-refractivity contribution in [3.05, 3.63) is 0 Å². The van der Waals surface area contributed by atoms with E-state index < -0.39 is 0 Å². The molecule has 1 aliphatic heterocycles. The van der Waals surface area contributed by atoms with Gasteiger partial charge in [0.1, 0.15) is 5.84 Å². The van der Waals surface area contributed by atoms with Gasteiger partial charge in [-0.15, -0.1) is 0 Å². The van der Waals surface area contributed by atoms with Gasteiger partial charge >= 0.3 is 0 Å². The van der Waals surface area contributed by atoms with Crippen LogP contribution in [0.1, 0.15) is 45.4 Å². The van der Waals surface area contributed by atoms with Crippen molar-refractivity contribution in [2.45, 2.75) is 57.5 Å². The second kappa shape index (κ2) is 5.64. The number of nitrogens with zero attached hydrogens (tertiary/aromatic N) is 2. The van der Waals surface area contributed by atoms with Crippen LogP contribution in [0.4, 0.5) is 0 Å². The minimum absolute atomic E-state index is 0.400. The molecule has 92 valence electrons. The van der Waals surface area contributed by atoms with Crippen LogP contribution in [0.5, 0.6) is 0 Å². The fraction of sp³-hybridized carbons (Fsp3) is 0.917. The summed E-state index contributed by atoms with van der Waals surface area (Å²) in [5.74, 6) is 0.638. The number of likely N-dealkylation sites (tertiary alicyclic amines) is 1. The second-order valence-corrected chi connectivity index (χ2v) is 5.03. The molecule has 2 N–H and O–H groups in total. The highest BCUT2D eigenvalue weighted by Crippen LogP contribution is 2.26. The number of hydroxylamine groups is 1. The summed E-state index contributed by atoms with van der Waals surface area (Å²) >= 11 is 0. The van der Waals surface area contributed by atoms with Gasteiger partial charge in [0, 0.05) is 19.1 Å². The fourth-order valence-electron chi connectivity index (χ4n) is 2.95. The maximum atomic E-state index is 8.70. The second-order valence-electron chi connectivity index (χ2n) is 5.03. The topological polar surface area (TPSA) is 47.9 Å². The molecule has 1 saturated carbocycles. The van der Waals surface area contributed by atoms with E-state index >= 15 is 0 Å². The zero-order chi connectivity index (χ0) is 11.4. The molecule has 4 heteroatoms. The van der Waals surface area contributed by atoms with Gasteiger partial charge in [0.25, 0.3) is 0 Å². The summed E-state index contributed by atoms with van der Waals surface area (Å²) in [6.07, 6.45) is 7.88. The Labute approximate surface area is 97.7 Å². The Kier molecular flexibility index (Phi) is 4.18. The lowest BCUT2D eigenvalue weighted by Crippen LogP contribution is -2.41. The minimum atomic E-state index is 0.400. The van der Waals surface area contributed by atoms with E-state index in [2.05, 4.69) is 15.4 Å². The summed E-state index contributed by atoms with van der Waals surface area (Å²) in [4.78, 5) is 7.08. The highest BCUT2D eigenvalue weighted by atomic mass is 16.5. The Bertz CT molecular complexity index is 241. The first-order valence-corrected chi connectivity index (χ1v) is 6.48. The zero-order valence-electron chi connectivity index (χ0n) is 10.2. The average molecular weight is 225 g/mol. The van der Waals surface area contributed by atoms with E-state index in [-0.39, 0.29) is 0 Å². The first kappa shape index (κ1) is 11.9. The molecule has 4 nitrogen and oxygen atoms in total. The highest BCUT2D eigenvalue weighted by molar-refractivity contribution is 5.78. The molecule has 0 aromatic rings. The van der Waals surface area contributed by atoms with Gasteiger partial charge in [-0.1, -0.05) is 12.8 Å². The van der Waals surface area contributed by atoms with E-state index in [1.54, 1.807) is 0 Å². The van der Waals surface area contributed by atoms with Crippen molar-refractivity contribution in [1.82, 2.24) is 10.4 Å². The first-order valence-electron chi connectivity index (χ1n) is 6.48. The third-order valence-corrected chi connectivity index (χ3v) is 3.88. The van der Waals surface area contributed by atoms with E-state index in [9.17, 15) is 0 Å². The van der Waals surface area contributed by atoms with Crippen LogP contribution in [-0.2, 0) is 0 Å². The van der Waals surface area contributed by atoms with Gasteiger partial charge in [0.2, 0.25) is 0 Å². The molecule has 0 amide bonds. The van der Waals surface area contributed by atoms with E-state index in [1.807, 2.05) is 6.92 Å². The van der Waals surface area contributed by atoms with E-state index in [1.165, 1.54) is 38.8 Å². The van der Waals surface area contributed by atoms with Crippen molar-refractivity contribution in [2.24, 2.45) is 4.99 Å². The number of piperidine rings is 1. The summed E-state index contributed by atoms with van der Waals surface area (Å²) in [7, 11) is 0. The molecule has 0 spiro atoms. The van der Waals surface area contributed by atoms with Gasteiger partial charge < -0.3 is 4.90 Å². The number of rotatable bonds is 2. The van der Waals surface area contributed by atoms with Crippen LogP contribution in [0.25, 0.3) is 0 Å². The highest BCUT2D eigenvalue weighted by Gasteiger charge is 2.26. The van der Waals surface area contributed by atoms with Crippen LogP contribution < -0.4 is 5.48 Å². The van der Waals surface area contributed by atoms with Crippen LogP contribution in [0, 0.1) is 0 Å². The fourth-order valence-corrected chi connectivity index (χ4v) is 2.95. The van der Waals surface area contributed by atoms with Gasteiger partial charge in [-0.2, -0.15) is 0 Å². The van der Waals surface area contributed by atoms with Crippen molar-refractivity contribution in [3.63, 3.8) is 0 Å². The van der Waals surface area contributed by atoms with Crippen molar-refractivity contribution in [1.29, 1.82) is 0 Å². The van der Waals surface area contributed by atoms with Crippen LogP contribution in [0.15, 0.2) is 4.99 Å².